The summed E-state index contributed by atoms with van der Waals surface area (Å²) in [5.74, 6) is 1.34. The van der Waals surface area contributed by atoms with E-state index in [0.29, 0.717) is 11.8 Å². The minimum Gasteiger partial charge on any atom is -0.0808 e. The zero-order valence-electron chi connectivity index (χ0n) is 11.2. The van der Waals surface area contributed by atoms with Crippen molar-refractivity contribution in [3.05, 3.63) is 41.0 Å². The lowest BCUT2D eigenvalue weighted by Crippen LogP contribution is -2.07. The second-order valence-corrected chi connectivity index (χ2v) is 4.61. The van der Waals surface area contributed by atoms with Crippen molar-refractivity contribution in [1.29, 1.82) is 0 Å². The van der Waals surface area contributed by atoms with Crippen molar-refractivity contribution in [3.8, 4) is 0 Å². The van der Waals surface area contributed by atoms with Crippen LogP contribution in [0.1, 0.15) is 57.2 Å². The number of allylic oxidation sites excluding steroid dienone is 1. The van der Waals surface area contributed by atoms with Gasteiger partial charge in [0.2, 0.25) is 0 Å². The molecule has 0 N–H and O–H groups in total. The fourth-order valence-electron chi connectivity index (χ4n) is 2.21. The number of benzene rings is 1. The van der Waals surface area contributed by atoms with Gasteiger partial charge in [-0.3, -0.25) is 0 Å². The van der Waals surface area contributed by atoms with Crippen LogP contribution in [-0.2, 0) is 6.42 Å². The molecule has 0 nitrogen and oxygen atoms in total. The van der Waals surface area contributed by atoms with E-state index >= 15 is 0 Å². The average molecular weight is 216 g/mol. The molecular weight excluding hydrogens is 192 g/mol. The molecule has 1 atom stereocenters. The molecule has 88 valence electrons. The number of fused-ring (bicyclic) bond motifs is 1. The third-order valence-corrected chi connectivity index (χ3v) is 3.00. The third-order valence-electron chi connectivity index (χ3n) is 3.00. The lowest BCUT2D eigenvalue weighted by molar-refractivity contribution is 0.700. The van der Waals surface area contributed by atoms with Crippen LogP contribution in [0, 0.1) is 5.92 Å². The van der Waals surface area contributed by atoms with E-state index in [1.807, 2.05) is 13.8 Å². The highest BCUT2D eigenvalue weighted by atomic mass is 14.2. The van der Waals surface area contributed by atoms with Crippen molar-refractivity contribution >= 4 is 6.08 Å². The van der Waals surface area contributed by atoms with Crippen molar-refractivity contribution in [2.45, 2.75) is 47.0 Å². The maximum Gasteiger partial charge on any atom is -0.0209 e. The van der Waals surface area contributed by atoms with E-state index in [2.05, 4.69) is 51.1 Å². The van der Waals surface area contributed by atoms with Crippen LogP contribution in [0.2, 0.25) is 0 Å². The monoisotopic (exact) mass is 216 g/mol. The predicted octanol–water partition coefficient (Wildman–Crippen LogP) is 5.04. The van der Waals surface area contributed by atoms with Crippen molar-refractivity contribution in [2.75, 3.05) is 0 Å². The molecular formula is C16H24. The normalized spacial score (nSPS) is 17.8. The first-order valence-corrected chi connectivity index (χ1v) is 6.48. The molecule has 0 fully saturated rings. The van der Waals surface area contributed by atoms with Crippen LogP contribution in [0.15, 0.2) is 24.3 Å². The topological polar surface area (TPSA) is 0 Å². The molecule has 1 aromatic carbocycles. The van der Waals surface area contributed by atoms with Gasteiger partial charge in [-0.1, -0.05) is 65.0 Å². The Balaban J connectivity index is 0.000000606. The molecule has 0 bridgehead atoms. The van der Waals surface area contributed by atoms with E-state index in [4.69, 9.17) is 0 Å². The summed E-state index contributed by atoms with van der Waals surface area (Å²) in [4.78, 5) is 0. The molecule has 2 rings (SSSR count). The molecule has 0 aliphatic heterocycles. The van der Waals surface area contributed by atoms with Gasteiger partial charge < -0.3 is 0 Å². The minimum absolute atomic E-state index is 0.642. The molecule has 0 amide bonds. The predicted molar refractivity (Wildman–Crippen MR) is 73.8 cm³/mol. The quantitative estimate of drug-likeness (QED) is 0.617. The molecule has 0 saturated carbocycles. The summed E-state index contributed by atoms with van der Waals surface area (Å²) in [5, 5.41) is 0. The van der Waals surface area contributed by atoms with Crippen molar-refractivity contribution < 1.29 is 0 Å². The van der Waals surface area contributed by atoms with E-state index in [1.165, 1.54) is 17.5 Å². The fourth-order valence-corrected chi connectivity index (χ4v) is 2.21. The van der Waals surface area contributed by atoms with E-state index < -0.39 is 0 Å². The molecule has 16 heavy (non-hydrogen) atoms. The second-order valence-electron chi connectivity index (χ2n) is 4.61. The summed E-state index contributed by atoms with van der Waals surface area (Å²) in [7, 11) is 0. The first-order valence-electron chi connectivity index (χ1n) is 6.48. The van der Waals surface area contributed by atoms with Gasteiger partial charge in [0.1, 0.15) is 0 Å². The van der Waals surface area contributed by atoms with Gasteiger partial charge in [-0.25, -0.2) is 0 Å². The summed E-state index contributed by atoms with van der Waals surface area (Å²) < 4.78 is 0. The van der Waals surface area contributed by atoms with Crippen LogP contribution < -0.4 is 0 Å². The van der Waals surface area contributed by atoms with Crippen LogP contribution in [0.3, 0.4) is 0 Å². The SMILES string of the molecule is CC.CC1C=Cc2cccc(C(C)C)c2C1. The Morgan fingerprint density at radius 2 is 1.88 bits per heavy atom. The summed E-state index contributed by atoms with van der Waals surface area (Å²) in [6.45, 7) is 10.8. The number of hydrogen-bond donors (Lipinski definition) is 0. The molecule has 0 radical (unpaired) electrons. The van der Waals surface area contributed by atoms with Gasteiger partial charge in [0, 0.05) is 0 Å². The maximum atomic E-state index is 2.31. The maximum absolute atomic E-state index is 2.31. The molecule has 1 unspecified atom stereocenters. The fraction of sp³-hybridized carbons (Fsp3) is 0.500. The van der Waals surface area contributed by atoms with Gasteiger partial charge in [0.15, 0.2) is 0 Å². The standard InChI is InChI=1S/C14H18.C2H6/c1-10(2)13-6-4-5-12-8-7-11(3)9-14(12)13;1-2/h4-8,10-11H,9H2,1-3H3;1-2H3. The van der Waals surface area contributed by atoms with E-state index in [1.54, 1.807) is 5.56 Å². The zero-order chi connectivity index (χ0) is 12.1. The summed E-state index contributed by atoms with van der Waals surface area (Å²) >= 11 is 0. The van der Waals surface area contributed by atoms with Gasteiger partial charge >= 0.3 is 0 Å². The van der Waals surface area contributed by atoms with Crippen molar-refractivity contribution in [2.24, 2.45) is 5.92 Å². The van der Waals surface area contributed by atoms with E-state index in [9.17, 15) is 0 Å². The van der Waals surface area contributed by atoms with E-state index in [0.717, 1.165) is 0 Å². The van der Waals surface area contributed by atoms with Gasteiger partial charge in [-0.05, 0) is 34.9 Å². The van der Waals surface area contributed by atoms with Crippen molar-refractivity contribution in [1.82, 2.24) is 0 Å². The number of hydrogen-bond acceptors (Lipinski definition) is 0. The highest BCUT2D eigenvalue weighted by molar-refractivity contribution is 5.59. The zero-order valence-corrected chi connectivity index (χ0v) is 11.2. The largest absolute Gasteiger partial charge is 0.0808 e. The van der Waals surface area contributed by atoms with Gasteiger partial charge in [0.05, 0.1) is 0 Å². The van der Waals surface area contributed by atoms with Gasteiger partial charge in [-0.15, -0.1) is 0 Å². The molecule has 0 saturated heterocycles. The second kappa shape index (κ2) is 5.89. The minimum atomic E-state index is 0.642. The Hall–Kier alpha value is -1.04. The Morgan fingerprint density at radius 1 is 1.19 bits per heavy atom. The van der Waals surface area contributed by atoms with Crippen LogP contribution in [0.5, 0.6) is 0 Å². The Bertz CT molecular complexity index is 358. The number of rotatable bonds is 1. The lowest BCUT2D eigenvalue weighted by atomic mass is 9.84. The Morgan fingerprint density at radius 3 is 2.50 bits per heavy atom. The first kappa shape index (κ1) is 13.0. The molecule has 1 aromatic rings. The first-order chi connectivity index (χ1) is 7.68. The smallest absolute Gasteiger partial charge is 0.0209 e. The molecule has 0 aromatic heterocycles. The summed E-state index contributed by atoms with van der Waals surface area (Å²) in [6, 6.07) is 6.67. The highest BCUT2D eigenvalue weighted by Gasteiger charge is 2.14. The lowest BCUT2D eigenvalue weighted by Gasteiger charge is -2.21. The highest BCUT2D eigenvalue weighted by Crippen LogP contribution is 2.29. The summed E-state index contributed by atoms with van der Waals surface area (Å²) in [5.41, 5.74) is 4.52. The Labute approximate surface area is 100 Å². The molecule has 0 heteroatoms. The molecule has 1 aliphatic rings. The Kier molecular flexibility index (Phi) is 4.79. The van der Waals surface area contributed by atoms with E-state index in [-0.39, 0.29) is 0 Å². The molecule has 0 heterocycles. The third kappa shape index (κ3) is 2.75. The van der Waals surface area contributed by atoms with Crippen LogP contribution in [0.25, 0.3) is 6.08 Å². The summed E-state index contributed by atoms with van der Waals surface area (Å²) in [6.07, 6.45) is 5.79. The van der Waals surface area contributed by atoms with Crippen molar-refractivity contribution in [3.63, 3.8) is 0 Å². The van der Waals surface area contributed by atoms with Crippen LogP contribution >= 0.6 is 0 Å². The van der Waals surface area contributed by atoms with Gasteiger partial charge in [-0.2, -0.15) is 0 Å². The molecule has 0 spiro atoms. The van der Waals surface area contributed by atoms with Crippen LogP contribution in [0.4, 0.5) is 0 Å². The molecule has 1 aliphatic carbocycles. The average Bonchev–Trinajstić information content (AvgIpc) is 2.30. The van der Waals surface area contributed by atoms with Gasteiger partial charge in [0.25, 0.3) is 0 Å². The van der Waals surface area contributed by atoms with Crippen LogP contribution in [-0.4, -0.2) is 0 Å².